The second kappa shape index (κ2) is 8.68. The Balaban J connectivity index is 2.03. The van der Waals surface area contributed by atoms with Gasteiger partial charge in [-0.3, -0.25) is 4.79 Å². The second-order valence-electron chi connectivity index (χ2n) is 5.92. The molecule has 0 bridgehead atoms. The number of aliphatic hydroxyl groups is 1. The molecule has 0 aromatic heterocycles. The van der Waals surface area contributed by atoms with Crippen molar-refractivity contribution in [1.29, 1.82) is 0 Å². The third kappa shape index (κ3) is 6.63. The highest BCUT2D eigenvalue weighted by atomic mass is 19.4. The summed E-state index contributed by atoms with van der Waals surface area (Å²) in [5.74, 6) is -1.53. The monoisotopic (exact) mass is 425 g/mol. The molecule has 2 rings (SSSR count). The SMILES string of the molecule is O=C(NCC(O)COc1ccc(F)cc1)c1cc(C(F)(F)F)cc(C(F)(F)F)c1. The number of ether oxygens (including phenoxy) is 1. The molecule has 0 aliphatic carbocycles. The van der Waals surface area contributed by atoms with Gasteiger partial charge in [-0.2, -0.15) is 26.3 Å². The molecule has 4 nitrogen and oxygen atoms in total. The number of carbonyl (C=O) groups excluding carboxylic acids is 1. The van der Waals surface area contributed by atoms with Crippen molar-refractivity contribution in [2.24, 2.45) is 0 Å². The van der Waals surface area contributed by atoms with E-state index >= 15 is 0 Å². The summed E-state index contributed by atoms with van der Waals surface area (Å²) in [4.78, 5) is 12.0. The molecular formula is C18H14F7NO3. The lowest BCUT2D eigenvalue weighted by Gasteiger charge is -2.16. The Morgan fingerprint density at radius 3 is 1.97 bits per heavy atom. The quantitative estimate of drug-likeness (QED) is 0.688. The molecule has 1 amide bonds. The summed E-state index contributed by atoms with van der Waals surface area (Å²) in [6.07, 6.45) is -11.5. The molecular weight excluding hydrogens is 411 g/mol. The smallest absolute Gasteiger partial charge is 0.416 e. The van der Waals surface area contributed by atoms with E-state index in [2.05, 4.69) is 0 Å². The summed E-state index contributed by atoms with van der Waals surface area (Å²) >= 11 is 0. The first-order chi connectivity index (χ1) is 13.4. The Morgan fingerprint density at radius 2 is 1.48 bits per heavy atom. The predicted molar refractivity (Wildman–Crippen MR) is 86.7 cm³/mol. The van der Waals surface area contributed by atoms with Gasteiger partial charge >= 0.3 is 12.4 Å². The summed E-state index contributed by atoms with van der Waals surface area (Å²) < 4.78 is 94.8. The van der Waals surface area contributed by atoms with Crippen LogP contribution in [0.3, 0.4) is 0 Å². The Labute approximate surface area is 159 Å². The van der Waals surface area contributed by atoms with E-state index in [1.807, 2.05) is 5.32 Å². The van der Waals surface area contributed by atoms with Crippen molar-refractivity contribution in [2.45, 2.75) is 18.5 Å². The highest BCUT2D eigenvalue weighted by molar-refractivity contribution is 5.94. The first-order valence-electron chi connectivity index (χ1n) is 8.00. The highest BCUT2D eigenvalue weighted by Gasteiger charge is 2.37. The van der Waals surface area contributed by atoms with Gasteiger partial charge in [0.1, 0.15) is 24.3 Å². The number of hydrogen-bond donors (Lipinski definition) is 2. The topological polar surface area (TPSA) is 58.6 Å². The first-order valence-corrected chi connectivity index (χ1v) is 8.00. The molecule has 2 aromatic carbocycles. The van der Waals surface area contributed by atoms with Gasteiger partial charge in [-0.15, -0.1) is 0 Å². The maximum atomic E-state index is 12.8. The average Bonchev–Trinajstić information content (AvgIpc) is 2.63. The maximum Gasteiger partial charge on any atom is 0.416 e. The number of aliphatic hydroxyl groups excluding tert-OH is 1. The lowest BCUT2D eigenvalue weighted by molar-refractivity contribution is -0.143. The van der Waals surface area contributed by atoms with Gasteiger partial charge in [-0.05, 0) is 42.5 Å². The van der Waals surface area contributed by atoms with Gasteiger partial charge in [0.15, 0.2) is 0 Å². The van der Waals surface area contributed by atoms with E-state index in [0.29, 0.717) is 0 Å². The van der Waals surface area contributed by atoms with Gasteiger partial charge in [0.05, 0.1) is 11.1 Å². The van der Waals surface area contributed by atoms with Crippen LogP contribution in [0, 0.1) is 5.82 Å². The summed E-state index contributed by atoms with van der Waals surface area (Å²) in [5.41, 5.74) is -4.12. The van der Waals surface area contributed by atoms with Crippen molar-refractivity contribution in [2.75, 3.05) is 13.2 Å². The standard InChI is InChI=1S/C18H14F7NO3/c19-13-1-3-15(4-2-13)29-9-14(27)8-26-16(28)10-5-11(17(20,21)22)7-12(6-10)18(23,24)25/h1-7,14,27H,8-9H2,(H,26,28). The fourth-order valence-electron chi connectivity index (χ4n) is 2.18. The molecule has 0 saturated carbocycles. The van der Waals surface area contributed by atoms with Gasteiger partial charge in [-0.1, -0.05) is 0 Å². The van der Waals surface area contributed by atoms with Crippen molar-refractivity contribution < 1.29 is 45.4 Å². The van der Waals surface area contributed by atoms with Gasteiger partial charge in [0.2, 0.25) is 0 Å². The molecule has 2 aromatic rings. The molecule has 0 fully saturated rings. The Bertz CT molecular complexity index is 816. The van der Waals surface area contributed by atoms with E-state index in [4.69, 9.17) is 4.74 Å². The number of halogens is 7. The van der Waals surface area contributed by atoms with Crippen molar-refractivity contribution in [3.8, 4) is 5.75 Å². The summed E-state index contributed by atoms with van der Waals surface area (Å²) in [6.45, 7) is -0.861. The number of alkyl halides is 6. The molecule has 0 radical (unpaired) electrons. The van der Waals surface area contributed by atoms with Crippen LogP contribution in [0.25, 0.3) is 0 Å². The van der Waals surface area contributed by atoms with Crippen LogP contribution >= 0.6 is 0 Å². The van der Waals surface area contributed by atoms with E-state index in [0.717, 1.165) is 12.1 Å². The fourth-order valence-corrected chi connectivity index (χ4v) is 2.18. The molecule has 0 spiro atoms. The number of hydrogen-bond acceptors (Lipinski definition) is 3. The molecule has 1 atom stereocenters. The van der Waals surface area contributed by atoms with Crippen LogP contribution in [-0.4, -0.2) is 30.3 Å². The summed E-state index contributed by atoms with van der Waals surface area (Å²) in [5, 5.41) is 11.8. The second-order valence-corrected chi connectivity index (χ2v) is 5.92. The van der Waals surface area contributed by atoms with E-state index in [9.17, 15) is 40.6 Å². The van der Waals surface area contributed by atoms with Crippen LogP contribution < -0.4 is 10.1 Å². The number of carbonyl (C=O) groups is 1. The first kappa shape index (κ1) is 22.5. The zero-order valence-electron chi connectivity index (χ0n) is 14.4. The largest absolute Gasteiger partial charge is 0.491 e. The Kier molecular flexibility index (Phi) is 6.73. The number of rotatable bonds is 6. The zero-order chi connectivity index (χ0) is 21.8. The van der Waals surface area contributed by atoms with Crippen molar-refractivity contribution in [1.82, 2.24) is 5.32 Å². The normalized spacial score (nSPS) is 13.1. The van der Waals surface area contributed by atoms with Gasteiger partial charge < -0.3 is 15.2 Å². The third-order valence-corrected chi connectivity index (χ3v) is 3.60. The molecule has 0 aliphatic heterocycles. The van der Waals surface area contributed by atoms with E-state index < -0.39 is 53.4 Å². The van der Waals surface area contributed by atoms with Crippen LogP contribution in [0.15, 0.2) is 42.5 Å². The minimum absolute atomic E-state index is 0.0951. The molecule has 2 N–H and O–H groups in total. The summed E-state index contributed by atoms with van der Waals surface area (Å²) in [6, 6.07) is 5.24. The lowest BCUT2D eigenvalue weighted by Crippen LogP contribution is -2.35. The average molecular weight is 425 g/mol. The molecule has 11 heteroatoms. The van der Waals surface area contributed by atoms with Gasteiger partial charge in [0, 0.05) is 12.1 Å². The molecule has 1 unspecified atom stereocenters. The number of benzene rings is 2. The minimum atomic E-state index is -5.08. The maximum absolute atomic E-state index is 12.8. The predicted octanol–water partition coefficient (Wildman–Crippen LogP) is 4.03. The Morgan fingerprint density at radius 1 is 0.966 bits per heavy atom. The lowest BCUT2D eigenvalue weighted by atomic mass is 10.0. The molecule has 0 heterocycles. The van der Waals surface area contributed by atoms with Crippen LogP contribution in [0.2, 0.25) is 0 Å². The molecule has 158 valence electrons. The van der Waals surface area contributed by atoms with Crippen molar-refractivity contribution >= 4 is 5.91 Å². The van der Waals surface area contributed by atoms with Crippen molar-refractivity contribution in [3.63, 3.8) is 0 Å². The van der Waals surface area contributed by atoms with Crippen molar-refractivity contribution in [3.05, 3.63) is 65.0 Å². The highest BCUT2D eigenvalue weighted by Crippen LogP contribution is 2.36. The van der Waals surface area contributed by atoms with E-state index in [1.54, 1.807) is 0 Å². The minimum Gasteiger partial charge on any atom is -0.491 e. The van der Waals surface area contributed by atoms with Gasteiger partial charge in [-0.25, -0.2) is 4.39 Å². The van der Waals surface area contributed by atoms with E-state index in [1.165, 1.54) is 12.1 Å². The Hall–Kier alpha value is -2.82. The van der Waals surface area contributed by atoms with Crippen LogP contribution in [0.5, 0.6) is 5.75 Å². The number of nitrogens with one attached hydrogen (secondary N) is 1. The van der Waals surface area contributed by atoms with E-state index in [-0.39, 0.29) is 30.6 Å². The van der Waals surface area contributed by atoms with Gasteiger partial charge in [0.25, 0.3) is 5.91 Å². The zero-order valence-corrected chi connectivity index (χ0v) is 14.4. The fraction of sp³-hybridized carbons (Fsp3) is 0.278. The molecule has 0 aliphatic rings. The third-order valence-electron chi connectivity index (χ3n) is 3.60. The van der Waals surface area contributed by atoms with Crippen LogP contribution in [0.4, 0.5) is 30.7 Å². The van der Waals surface area contributed by atoms with Crippen LogP contribution in [-0.2, 0) is 12.4 Å². The number of amides is 1. The van der Waals surface area contributed by atoms with Crippen LogP contribution in [0.1, 0.15) is 21.5 Å². The molecule has 29 heavy (non-hydrogen) atoms. The molecule has 0 saturated heterocycles. The summed E-state index contributed by atoms with van der Waals surface area (Å²) in [7, 11) is 0.